The monoisotopic (exact) mass is 886 g/mol. The Balaban J connectivity index is 4.74. The first-order chi connectivity index (χ1) is 31.5. The molecule has 3 unspecified atom stereocenters. The van der Waals surface area contributed by atoms with Gasteiger partial charge in [-0.1, -0.05) is 258 Å². The fourth-order valence-electron chi connectivity index (χ4n) is 7.18. The number of unbranched alkanes of at least 4 members (excludes halogenated alkanes) is 20. The summed E-state index contributed by atoms with van der Waals surface area (Å²) in [5.41, 5.74) is 0. The Morgan fingerprint density at radius 2 is 0.859 bits per heavy atom. The molecule has 0 spiro atoms. The first-order valence-corrected chi connectivity index (χ1v) is 25.9. The van der Waals surface area contributed by atoms with E-state index in [0.717, 1.165) is 70.6 Å². The van der Waals surface area contributed by atoms with E-state index in [1.54, 1.807) is 0 Å². The number of ether oxygens (including phenoxy) is 1. The van der Waals surface area contributed by atoms with Gasteiger partial charge >= 0.3 is 5.97 Å². The van der Waals surface area contributed by atoms with Crippen molar-refractivity contribution in [3.63, 3.8) is 0 Å². The van der Waals surface area contributed by atoms with Crippen LogP contribution in [0.4, 0.5) is 0 Å². The molecule has 0 radical (unpaired) electrons. The summed E-state index contributed by atoms with van der Waals surface area (Å²) in [4.78, 5) is 26.1. The molecule has 6 heteroatoms. The average Bonchev–Trinajstić information content (AvgIpc) is 3.29. The smallest absolute Gasteiger partial charge is 0.306 e. The number of amides is 1. The Hall–Kier alpha value is -3.74. The van der Waals surface area contributed by atoms with Gasteiger partial charge in [0.2, 0.25) is 5.91 Å². The van der Waals surface area contributed by atoms with Gasteiger partial charge < -0.3 is 20.3 Å². The van der Waals surface area contributed by atoms with Gasteiger partial charge in [0.15, 0.2) is 0 Å². The largest absolute Gasteiger partial charge is 0.462 e. The second kappa shape index (κ2) is 50.3. The molecule has 0 aromatic carbocycles. The van der Waals surface area contributed by atoms with E-state index in [0.29, 0.717) is 19.3 Å². The Morgan fingerprint density at radius 1 is 0.469 bits per heavy atom. The lowest BCUT2D eigenvalue weighted by atomic mass is 10.0. The maximum absolute atomic E-state index is 13.2. The summed E-state index contributed by atoms with van der Waals surface area (Å²) in [7, 11) is 0. The predicted octanol–water partition coefficient (Wildman–Crippen LogP) is 15.7. The van der Waals surface area contributed by atoms with Gasteiger partial charge in [-0.05, 0) is 57.8 Å². The molecule has 6 nitrogen and oxygen atoms in total. The lowest BCUT2D eigenvalue weighted by molar-refractivity contribution is -0.151. The molecule has 64 heavy (non-hydrogen) atoms. The van der Waals surface area contributed by atoms with Crippen LogP contribution in [-0.2, 0) is 14.3 Å². The number of allylic oxidation sites excluding steroid dienone is 20. The first-order valence-electron chi connectivity index (χ1n) is 25.9. The van der Waals surface area contributed by atoms with Crippen molar-refractivity contribution in [1.29, 1.82) is 0 Å². The molecule has 0 aromatic heterocycles. The van der Waals surface area contributed by atoms with Crippen molar-refractivity contribution in [3.8, 4) is 0 Å². The summed E-state index contributed by atoms with van der Waals surface area (Å²) in [6.07, 6.45) is 69.8. The van der Waals surface area contributed by atoms with Gasteiger partial charge in [-0.15, -0.1) is 0 Å². The zero-order valence-corrected chi connectivity index (χ0v) is 41.1. The maximum atomic E-state index is 13.2. The van der Waals surface area contributed by atoms with Crippen molar-refractivity contribution >= 4 is 11.9 Å². The molecule has 0 aliphatic rings. The van der Waals surface area contributed by atoms with Crippen LogP contribution >= 0.6 is 0 Å². The first kappa shape index (κ1) is 60.3. The zero-order chi connectivity index (χ0) is 46.7. The molecule has 0 aliphatic heterocycles. The van der Waals surface area contributed by atoms with Crippen molar-refractivity contribution in [2.24, 2.45) is 0 Å². The van der Waals surface area contributed by atoms with Crippen LogP contribution in [0.25, 0.3) is 0 Å². The van der Waals surface area contributed by atoms with Crippen LogP contribution in [0.15, 0.2) is 122 Å². The van der Waals surface area contributed by atoms with Gasteiger partial charge in [0.25, 0.3) is 0 Å². The van der Waals surface area contributed by atoms with Crippen molar-refractivity contribution in [2.45, 2.75) is 225 Å². The maximum Gasteiger partial charge on any atom is 0.306 e. The molecule has 0 heterocycles. The number of hydrogen-bond donors (Lipinski definition) is 3. The Bertz CT molecular complexity index is 1360. The summed E-state index contributed by atoms with van der Waals surface area (Å²) < 4.78 is 5.87. The van der Waals surface area contributed by atoms with Crippen molar-refractivity contribution in [1.82, 2.24) is 5.32 Å². The Labute approximate surface area is 393 Å². The highest BCUT2D eigenvalue weighted by Crippen LogP contribution is 2.17. The van der Waals surface area contributed by atoms with Gasteiger partial charge in [0.1, 0.15) is 6.10 Å². The molecule has 3 N–H and O–H groups in total. The van der Waals surface area contributed by atoms with E-state index in [9.17, 15) is 19.8 Å². The molecule has 362 valence electrons. The van der Waals surface area contributed by atoms with Crippen LogP contribution in [0.3, 0.4) is 0 Å². The third kappa shape index (κ3) is 44.9. The normalized spacial score (nSPS) is 14.3. The molecule has 0 saturated heterocycles. The number of carbonyl (C=O) groups is 2. The van der Waals surface area contributed by atoms with Crippen LogP contribution in [0.5, 0.6) is 0 Å². The fraction of sp³-hybridized carbons (Fsp3) is 0.621. The minimum atomic E-state index is -0.823. The van der Waals surface area contributed by atoms with Crippen LogP contribution in [0.2, 0.25) is 0 Å². The minimum Gasteiger partial charge on any atom is -0.462 e. The summed E-state index contributed by atoms with van der Waals surface area (Å²) in [5, 5.41) is 23.8. The number of esters is 1. The molecule has 0 saturated carbocycles. The number of nitrogens with one attached hydrogen (secondary N) is 1. The van der Waals surface area contributed by atoms with Gasteiger partial charge in [-0.3, -0.25) is 9.59 Å². The molecule has 0 aromatic rings. The van der Waals surface area contributed by atoms with Crippen LogP contribution in [0.1, 0.15) is 207 Å². The van der Waals surface area contributed by atoms with Crippen LogP contribution < -0.4 is 5.32 Å². The number of aliphatic hydroxyl groups excluding tert-OH is 2. The highest BCUT2D eigenvalue weighted by molar-refractivity contribution is 5.77. The average molecular weight is 886 g/mol. The number of hydrogen-bond acceptors (Lipinski definition) is 5. The predicted molar refractivity (Wildman–Crippen MR) is 277 cm³/mol. The van der Waals surface area contributed by atoms with Crippen LogP contribution in [-0.4, -0.2) is 46.9 Å². The lowest BCUT2D eigenvalue weighted by Crippen LogP contribution is -2.46. The zero-order valence-electron chi connectivity index (χ0n) is 41.1. The third-order valence-corrected chi connectivity index (χ3v) is 11.0. The standard InChI is InChI=1S/C58H95NO5/c1-4-7-10-13-16-19-22-25-27-28-30-33-35-38-41-44-47-50-56(61)55(53-60)59-57(62)52-54(49-46-43-40-37-34-32-29-26-23-20-17-14-11-8-5-2)64-58(63)51-48-45-42-39-36-31-24-21-18-15-12-9-6-3/h8-9,11-12,14-15,17-18,20-21,23-24,26,29,31-32,34,36-37,40,54-56,60-61H,4-7,10,13,16,19,22,25,27-28,30,33,35,38-39,41-53H2,1-3H3,(H,59,62)/b11-8-,12-9+,17-14+,18-15+,23-20+,24-21-,29-26-,34-32+,36-31-,40-37+. The van der Waals surface area contributed by atoms with E-state index in [1.807, 2.05) is 91.1 Å². The van der Waals surface area contributed by atoms with E-state index in [2.05, 4.69) is 56.5 Å². The molecule has 3 atom stereocenters. The molecule has 1 amide bonds. The van der Waals surface area contributed by atoms with Crippen molar-refractivity contribution in [2.75, 3.05) is 6.61 Å². The minimum absolute atomic E-state index is 0.00247. The van der Waals surface area contributed by atoms with E-state index in [4.69, 9.17) is 4.74 Å². The highest BCUT2D eigenvalue weighted by Gasteiger charge is 2.24. The molecule has 0 bridgehead atoms. The van der Waals surface area contributed by atoms with Crippen LogP contribution in [0, 0.1) is 0 Å². The van der Waals surface area contributed by atoms with Crippen molar-refractivity contribution < 1.29 is 24.5 Å². The highest BCUT2D eigenvalue weighted by atomic mass is 16.5. The SMILES string of the molecule is CC\C=C/C=C/C=C/C=C\C=C\C=C\CCCC(CC(=O)NC(CO)C(O)CCCCCCCCCCCCCCCCCCC)OC(=O)CCCCC\C=C/C=C\C=C\C=C\CC. The molecule has 0 aliphatic carbocycles. The van der Waals surface area contributed by atoms with Gasteiger partial charge in [0.05, 0.1) is 25.2 Å². The van der Waals surface area contributed by atoms with E-state index >= 15 is 0 Å². The van der Waals surface area contributed by atoms with Gasteiger partial charge in [0, 0.05) is 6.42 Å². The number of aliphatic hydroxyl groups is 2. The topological polar surface area (TPSA) is 95.9 Å². The van der Waals surface area contributed by atoms with Crippen molar-refractivity contribution in [3.05, 3.63) is 122 Å². The molecule has 0 fully saturated rings. The number of carbonyl (C=O) groups excluding carboxylic acids is 2. The Kier molecular flexibility index (Phi) is 47.3. The quantitative estimate of drug-likeness (QED) is 0.0322. The molecular weight excluding hydrogens is 791 g/mol. The van der Waals surface area contributed by atoms with E-state index < -0.39 is 18.2 Å². The summed E-state index contributed by atoms with van der Waals surface area (Å²) in [5.74, 6) is -0.607. The van der Waals surface area contributed by atoms with E-state index in [1.165, 1.54) is 89.9 Å². The Morgan fingerprint density at radius 3 is 1.30 bits per heavy atom. The molecular formula is C58H95NO5. The van der Waals surface area contributed by atoms with Gasteiger partial charge in [-0.2, -0.15) is 0 Å². The number of rotatable bonds is 44. The van der Waals surface area contributed by atoms with Gasteiger partial charge in [-0.25, -0.2) is 0 Å². The summed E-state index contributed by atoms with van der Waals surface area (Å²) in [6.45, 7) is 6.16. The summed E-state index contributed by atoms with van der Waals surface area (Å²) >= 11 is 0. The fourth-order valence-corrected chi connectivity index (χ4v) is 7.18. The second-order valence-electron chi connectivity index (χ2n) is 17.1. The second-order valence-corrected chi connectivity index (χ2v) is 17.1. The van der Waals surface area contributed by atoms with E-state index in [-0.39, 0.29) is 24.9 Å². The lowest BCUT2D eigenvalue weighted by Gasteiger charge is -2.24. The molecule has 0 rings (SSSR count). The third-order valence-electron chi connectivity index (χ3n) is 11.0. The summed E-state index contributed by atoms with van der Waals surface area (Å²) in [6, 6.07) is -0.743.